The van der Waals surface area contributed by atoms with Gasteiger partial charge in [0.05, 0.1) is 0 Å². The molecular formula is C52H58Zr-4. The minimum atomic E-state index is 0.203. The van der Waals surface area contributed by atoms with E-state index in [2.05, 4.69) is 128 Å². The molecule has 0 bridgehead atoms. The van der Waals surface area contributed by atoms with E-state index in [-0.39, 0.29) is 10.8 Å². The molecule has 0 N–H and O–H groups in total. The van der Waals surface area contributed by atoms with E-state index >= 15 is 0 Å². The van der Waals surface area contributed by atoms with Crippen molar-refractivity contribution in [1.82, 2.24) is 0 Å². The van der Waals surface area contributed by atoms with Crippen molar-refractivity contribution in [1.29, 1.82) is 0 Å². The Labute approximate surface area is 336 Å². The molecule has 0 heterocycles. The fourth-order valence-electron chi connectivity index (χ4n) is 6.30. The maximum atomic E-state index is 3.72. The predicted octanol–water partition coefficient (Wildman–Crippen LogP) is 14.4. The predicted molar refractivity (Wildman–Crippen MR) is 231 cm³/mol. The van der Waals surface area contributed by atoms with Crippen molar-refractivity contribution in [3.05, 3.63) is 205 Å². The summed E-state index contributed by atoms with van der Waals surface area (Å²) in [5.74, 6) is 0.903. The first-order chi connectivity index (χ1) is 25.3. The van der Waals surface area contributed by atoms with Crippen molar-refractivity contribution in [3.8, 4) is 0 Å². The van der Waals surface area contributed by atoms with Crippen molar-refractivity contribution in [2.45, 2.75) is 78.1 Å². The molecule has 0 aromatic heterocycles. The summed E-state index contributed by atoms with van der Waals surface area (Å²) in [4.78, 5) is 0. The number of hydrogen-bond donors (Lipinski definition) is 0. The first-order valence-electron chi connectivity index (χ1n) is 19.0. The smallest absolute Gasteiger partial charge is 0.172 e. The molecule has 0 spiro atoms. The van der Waals surface area contributed by atoms with E-state index in [9.17, 15) is 0 Å². The molecule has 0 amide bonds. The standard InChI is InChI=1S/C21H25.C12H14.2C7H7.C5H5.Zr/c1-20(2,3)16-7-9-18-14(12-16)11-15-13-17(21(4,5)6)8-10-19(15)18;1-2-6-11(7-3-1)10-12-8-4-5-9-12;2*1-7-5-3-2-4-6-7;1-2-4-5-3-1;/h7-13H,1-6H3;1-3,6-7,12H,4-5,8-9H2;2*2-6H,1H2;1-5H;/q-1;;3*-1;. The summed E-state index contributed by atoms with van der Waals surface area (Å²) in [6.45, 7) is 21.1. The molecule has 0 nitrogen and oxygen atoms in total. The van der Waals surface area contributed by atoms with Crippen molar-refractivity contribution < 1.29 is 24.2 Å². The molecule has 0 saturated heterocycles. The van der Waals surface area contributed by atoms with Crippen molar-refractivity contribution in [2.75, 3.05) is 0 Å². The van der Waals surface area contributed by atoms with Gasteiger partial charge in [-0.25, -0.2) is 12.1 Å². The molecule has 8 rings (SSSR count). The van der Waals surface area contributed by atoms with Gasteiger partial charge >= 0.3 is 94.9 Å². The molecule has 53 heavy (non-hydrogen) atoms. The van der Waals surface area contributed by atoms with Gasteiger partial charge in [0.1, 0.15) is 0 Å². The van der Waals surface area contributed by atoms with E-state index in [4.69, 9.17) is 0 Å². The summed E-state index contributed by atoms with van der Waals surface area (Å²) < 4.78 is 1.69. The summed E-state index contributed by atoms with van der Waals surface area (Å²) in [6.07, 6.45) is 5.73. The van der Waals surface area contributed by atoms with Gasteiger partial charge in [-0.1, -0.05) is 89.1 Å². The zero-order valence-corrected chi connectivity index (χ0v) is 35.4. The van der Waals surface area contributed by atoms with Gasteiger partial charge < -0.3 is 0 Å². The molecule has 7 aromatic rings. The maximum absolute atomic E-state index is 3.72. The molecule has 0 unspecified atom stereocenters. The summed E-state index contributed by atoms with van der Waals surface area (Å²) >= 11 is 1.61. The van der Waals surface area contributed by atoms with Crippen LogP contribution in [0.25, 0.3) is 21.5 Å². The van der Waals surface area contributed by atoms with Gasteiger partial charge in [0.15, 0.2) is 0 Å². The SMILES string of the molecule is CC(C)(C)c1ccc2c(c1)[cH-]c1cc(C(C)(C)C)ccc12.[CH2-]c1ccccc1.[CH2-]c1ccccc1.[Zr]=[C](c1ccccc1)C1CCCC1.c1cc[cH-]c1. The summed E-state index contributed by atoms with van der Waals surface area (Å²) in [5.41, 5.74) is 6.84. The van der Waals surface area contributed by atoms with Crippen LogP contribution in [0.3, 0.4) is 0 Å². The van der Waals surface area contributed by atoms with Gasteiger partial charge in [0, 0.05) is 0 Å². The average molecular weight is 774 g/mol. The van der Waals surface area contributed by atoms with Crippen LogP contribution in [0, 0.1) is 19.8 Å². The van der Waals surface area contributed by atoms with Crippen LogP contribution in [0.2, 0.25) is 0 Å². The van der Waals surface area contributed by atoms with E-state index in [1.807, 2.05) is 91.0 Å². The molecule has 274 valence electrons. The largest absolute Gasteiger partial charge is 0.214 e. The Morgan fingerprint density at radius 2 is 0.943 bits per heavy atom. The van der Waals surface area contributed by atoms with Gasteiger partial charge in [0.2, 0.25) is 0 Å². The van der Waals surface area contributed by atoms with Crippen LogP contribution in [0.15, 0.2) is 164 Å². The monoisotopic (exact) mass is 772 g/mol. The minimum Gasteiger partial charge on any atom is -0.214 e. The van der Waals surface area contributed by atoms with E-state index in [1.54, 1.807) is 27.4 Å². The summed E-state index contributed by atoms with van der Waals surface area (Å²) in [5, 5.41) is 5.48. The fraction of sp³-hybridized carbons (Fsp3) is 0.250. The van der Waals surface area contributed by atoms with Gasteiger partial charge in [-0.2, -0.15) is 67.4 Å². The molecule has 0 atom stereocenters. The third kappa shape index (κ3) is 13.6. The van der Waals surface area contributed by atoms with Gasteiger partial charge in [-0.3, -0.25) is 0 Å². The number of hydrogen-bond acceptors (Lipinski definition) is 0. The van der Waals surface area contributed by atoms with Crippen LogP contribution in [-0.4, -0.2) is 3.21 Å². The van der Waals surface area contributed by atoms with Crippen LogP contribution in [-0.2, 0) is 35.1 Å². The Kier molecular flexibility index (Phi) is 15.9. The Hall–Kier alpha value is -4.19. The zero-order valence-electron chi connectivity index (χ0n) is 32.9. The normalized spacial score (nSPS) is 12.5. The number of benzene rings is 5. The molecule has 7 aromatic carbocycles. The van der Waals surface area contributed by atoms with Crippen LogP contribution in [0.4, 0.5) is 0 Å². The first-order valence-corrected chi connectivity index (χ1v) is 20.2. The third-order valence-electron chi connectivity index (χ3n) is 9.53. The average Bonchev–Trinajstić information content (AvgIpc) is 3.96. The van der Waals surface area contributed by atoms with Gasteiger partial charge in [-0.15, -0.1) is 64.0 Å². The molecule has 1 aliphatic rings. The summed E-state index contributed by atoms with van der Waals surface area (Å²) in [7, 11) is 0. The van der Waals surface area contributed by atoms with Crippen LogP contribution >= 0.6 is 0 Å². The maximum Gasteiger partial charge on any atom is -0.172 e. The Morgan fingerprint density at radius 1 is 0.547 bits per heavy atom. The molecule has 1 fully saturated rings. The Balaban J connectivity index is 0.000000165. The quantitative estimate of drug-likeness (QED) is 0.154. The van der Waals surface area contributed by atoms with E-state index in [0.717, 1.165) is 17.0 Å². The topological polar surface area (TPSA) is 0 Å². The third-order valence-corrected chi connectivity index (χ3v) is 11.2. The molecule has 1 aliphatic carbocycles. The van der Waals surface area contributed by atoms with E-state index in [1.165, 1.54) is 63.9 Å². The molecular weight excluding hydrogens is 716 g/mol. The molecule has 0 radical (unpaired) electrons. The Bertz CT molecular complexity index is 1920. The van der Waals surface area contributed by atoms with Crippen molar-refractivity contribution in [3.63, 3.8) is 0 Å². The first kappa shape index (κ1) is 41.6. The van der Waals surface area contributed by atoms with Crippen LogP contribution in [0.1, 0.15) is 95.0 Å². The Morgan fingerprint density at radius 3 is 1.26 bits per heavy atom. The molecule has 1 saturated carbocycles. The van der Waals surface area contributed by atoms with Gasteiger partial charge in [0.25, 0.3) is 0 Å². The second kappa shape index (κ2) is 20.3. The number of fused-ring (bicyclic) bond motifs is 3. The fourth-order valence-corrected chi connectivity index (χ4v) is 7.42. The second-order valence-electron chi connectivity index (χ2n) is 15.9. The van der Waals surface area contributed by atoms with Crippen LogP contribution in [0.5, 0.6) is 0 Å². The summed E-state index contributed by atoms with van der Waals surface area (Å²) in [6, 6.07) is 56.8. The van der Waals surface area contributed by atoms with E-state index in [0.29, 0.717) is 0 Å². The van der Waals surface area contributed by atoms with Crippen molar-refractivity contribution >= 4 is 24.8 Å². The van der Waals surface area contributed by atoms with Crippen molar-refractivity contribution in [2.24, 2.45) is 5.92 Å². The second-order valence-corrected chi connectivity index (χ2v) is 17.3. The zero-order chi connectivity index (χ0) is 38.3. The van der Waals surface area contributed by atoms with Gasteiger partial charge in [-0.05, 0) is 10.8 Å². The minimum absolute atomic E-state index is 0.203. The van der Waals surface area contributed by atoms with E-state index < -0.39 is 0 Å². The molecule has 1 heteroatoms. The number of rotatable bonds is 2. The molecule has 0 aliphatic heterocycles. The van der Waals surface area contributed by atoms with Crippen LogP contribution < -0.4 is 0 Å².